The molecule has 0 atom stereocenters. The predicted octanol–water partition coefficient (Wildman–Crippen LogP) is 2.75. The molecule has 6 heteroatoms. The van der Waals surface area contributed by atoms with Gasteiger partial charge in [-0.1, -0.05) is 18.2 Å². The summed E-state index contributed by atoms with van der Waals surface area (Å²) in [5.41, 5.74) is 2.27. The Hall–Kier alpha value is -3.15. The number of nitrogens with one attached hydrogen (secondary N) is 2. The third-order valence-electron chi connectivity index (χ3n) is 3.39. The molecule has 0 fully saturated rings. The maximum absolute atomic E-state index is 12.3. The van der Waals surface area contributed by atoms with Gasteiger partial charge in [-0.05, 0) is 42.8 Å². The van der Waals surface area contributed by atoms with Crippen molar-refractivity contribution < 1.29 is 19.1 Å². The average molecular weight is 340 g/mol. The molecule has 25 heavy (non-hydrogen) atoms. The van der Waals surface area contributed by atoms with Crippen LogP contribution in [0.1, 0.15) is 40.1 Å². The minimum absolute atomic E-state index is 0.108. The molecule has 0 saturated heterocycles. The molecule has 0 bridgehead atoms. The minimum Gasteiger partial charge on any atom is -0.462 e. The maximum atomic E-state index is 12.3. The molecule has 0 aliphatic rings. The molecule has 0 radical (unpaired) electrons. The van der Waals surface area contributed by atoms with E-state index in [0.29, 0.717) is 30.0 Å². The Balaban J connectivity index is 2.03. The largest absolute Gasteiger partial charge is 0.462 e. The van der Waals surface area contributed by atoms with Crippen molar-refractivity contribution in [1.82, 2.24) is 5.32 Å². The average Bonchev–Trinajstić information content (AvgIpc) is 2.61. The number of amides is 2. The van der Waals surface area contributed by atoms with Crippen LogP contribution in [0, 0.1) is 0 Å². The highest BCUT2D eigenvalue weighted by molar-refractivity contribution is 6.04. The lowest BCUT2D eigenvalue weighted by atomic mass is 10.1. The van der Waals surface area contributed by atoms with Crippen LogP contribution in [0.3, 0.4) is 0 Å². The Labute approximate surface area is 146 Å². The van der Waals surface area contributed by atoms with Gasteiger partial charge in [0.2, 0.25) is 5.91 Å². The first-order chi connectivity index (χ1) is 12.0. The van der Waals surface area contributed by atoms with Crippen LogP contribution >= 0.6 is 0 Å². The van der Waals surface area contributed by atoms with E-state index in [-0.39, 0.29) is 11.8 Å². The molecule has 0 aromatic heterocycles. The number of ether oxygens (including phenoxy) is 1. The van der Waals surface area contributed by atoms with Gasteiger partial charge in [-0.2, -0.15) is 0 Å². The van der Waals surface area contributed by atoms with Crippen molar-refractivity contribution in [3.05, 3.63) is 65.2 Å². The van der Waals surface area contributed by atoms with E-state index in [1.807, 2.05) is 0 Å². The summed E-state index contributed by atoms with van der Waals surface area (Å²) in [5, 5.41) is 5.44. The molecule has 2 rings (SSSR count). The van der Waals surface area contributed by atoms with Gasteiger partial charge in [0.1, 0.15) is 0 Å². The number of carbonyl (C=O) groups excluding carboxylic acids is 3. The fourth-order valence-corrected chi connectivity index (χ4v) is 2.14. The number of rotatable bonds is 6. The fourth-order valence-electron chi connectivity index (χ4n) is 2.14. The topological polar surface area (TPSA) is 84.5 Å². The van der Waals surface area contributed by atoms with Crippen LogP contribution in [0.4, 0.5) is 5.69 Å². The molecule has 2 N–H and O–H groups in total. The van der Waals surface area contributed by atoms with Gasteiger partial charge in [-0.15, -0.1) is 0 Å². The molecule has 0 aliphatic heterocycles. The maximum Gasteiger partial charge on any atom is 0.338 e. The number of hydrogen-bond acceptors (Lipinski definition) is 4. The summed E-state index contributed by atoms with van der Waals surface area (Å²) in [6, 6.07) is 13.5. The van der Waals surface area contributed by atoms with Gasteiger partial charge in [0.15, 0.2) is 0 Å². The van der Waals surface area contributed by atoms with Crippen LogP contribution in [-0.2, 0) is 16.1 Å². The summed E-state index contributed by atoms with van der Waals surface area (Å²) >= 11 is 0. The van der Waals surface area contributed by atoms with E-state index in [2.05, 4.69) is 10.6 Å². The summed E-state index contributed by atoms with van der Waals surface area (Å²) in [7, 11) is 0. The van der Waals surface area contributed by atoms with E-state index in [1.54, 1.807) is 55.5 Å². The van der Waals surface area contributed by atoms with E-state index in [1.165, 1.54) is 6.92 Å². The molecule has 0 spiro atoms. The molecule has 130 valence electrons. The van der Waals surface area contributed by atoms with Gasteiger partial charge >= 0.3 is 5.97 Å². The number of esters is 1. The van der Waals surface area contributed by atoms with Gasteiger partial charge < -0.3 is 15.4 Å². The van der Waals surface area contributed by atoms with Crippen molar-refractivity contribution in [2.45, 2.75) is 20.4 Å². The minimum atomic E-state index is -0.430. The Morgan fingerprint density at radius 1 is 1.00 bits per heavy atom. The van der Waals surface area contributed by atoms with Crippen LogP contribution in [0.25, 0.3) is 0 Å². The number of benzene rings is 2. The Bertz CT molecular complexity index is 769. The van der Waals surface area contributed by atoms with Crippen molar-refractivity contribution in [1.29, 1.82) is 0 Å². The summed E-state index contributed by atoms with van der Waals surface area (Å²) in [6.07, 6.45) is 0. The van der Waals surface area contributed by atoms with E-state index >= 15 is 0 Å². The summed E-state index contributed by atoms with van der Waals surface area (Å²) in [4.78, 5) is 34.9. The van der Waals surface area contributed by atoms with Crippen LogP contribution < -0.4 is 10.6 Å². The highest BCUT2D eigenvalue weighted by atomic mass is 16.5. The first-order valence-electron chi connectivity index (χ1n) is 7.91. The molecule has 6 nitrogen and oxygen atoms in total. The van der Waals surface area contributed by atoms with E-state index in [4.69, 9.17) is 4.74 Å². The first kappa shape index (κ1) is 18.2. The van der Waals surface area contributed by atoms with Gasteiger partial charge in [0, 0.05) is 24.7 Å². The Morgan fingerprint density at radius 3 is 2.36 bits per heavy atom. The van der Waals surface area contributed by atoms with Crippen LogP contribution in [0.2, 0.25) is 0 Å². The number of hydrogen-bond donors (Lipinski definition) is 2. The Morgan fingerprint density at radius 2 is 1.72 bits per heavy atom. The first-order valence-corrected chi connectivity index (χ1v) is 7.91. The summed E-state index contributed by atoms with van der Waals surface area (Å²) in [6.45, 7) is 3.89. The van der Waals surface area contributed by atoms with Gasteiger partial charge in [0.05, 0.1) is 12.2 Å². The van der Waals surface area contributed by atoms with Crippen LogP contribution in [0.5, 0.6) is 0 Å². The van der Waals surface area contributed by atoms with E-state index in [0.717, 1.165) is 5.56 Å². The van der Waals surface area contributed by atoms with Gasteiger partial charge in [-0.25, -0.2) is 4.79 Å². The second kappa shape index (κ2) is 8.63. The second-order valence-electron chi connectivity index (χ2n) is 5.36. The molecular weight excluding hydrogens is 320 g/mol. The fraction of sp³-hybridized carbons (Fsp3) is 0.211. The van der Waals surface area contributed by atoms with Crippen molar-refractivity contribution in [2.24, 2.45) is 0 Å². The summed E-state index contributed by atoms with van der Waals surface area (Å²) in [5.74, 6) is -0.823. The molecule has 2 aromatic carbocycles. The molecule has 0 saturated carbocycles. The molecule has 2 aromatic rings. The standard InChI is InChI=1S/C19H20N2O4/c1-3-25-19(24)16-5-4-6-17(11-16)21-18(23)15-9-7-14(8-10-15)12-20-13(2)22/h4-11H,3,12H2,1-2H3,(H,20,22)(H,21,23). The van der Waals surface area contributed by atoms with Crippen molar-refractivity contribution in [2.75, 3.05) is 11.9 Å². The third-order valence-corrected chi connectivity index (χ3v) is 3.39. The molecule has 0 aliphatic carbocycles. The molecule has 2 amide bonds. The van der Waals surface area contributed by atoms with Crippen molar-refractivity contribution in [3.8, 4) is 0 Å². The normalized spacial score (nSPS) is 10.0. The highest BCUT2D eigenvalue weighted by Gasteiger charge is 2.10. The Kier molecular flexibility index (Phi) is 6.28. The highest BCUT2D eigenvalue weighted by Crippen LogP contribution is 2.14. The van der Waals surface area contributed by atoms with Gasteiger partial charge in [-0.3, -0.25) is 9.59 Å². The van der Waals surface area contributed by atoms with Crippen molar-refractivity contribution in [3.63, 3.8) is 0 Å². The second-order valence-corrected chi connectivity index (χ2v) is 5.36. The molecular formula is C19H20N2O4. The zero-order valence-corrected chi connectivity index (χ0v) is 14.2. The van der Waals surface area contributed by atoms with Gasteiger partial charge in [0.25, 0.3) is 5.91 Å². The third kappa shape index (κ3) is 5.46. The van der Waals surface area contributed by atoms with E-state index < -0.39 is 5.97 Å². The zero-order chi connectivity index (χ0) is 18.2. The lowest BCUT2D eigenvalue weighted by Gasteiger charge is -2.08. The van der Waals surface area contributed by atoms with Crippen LogP contribution in [0.15, 0.2) is 48.5 Å². The number of carbonyl (C=O) groups is 3. The SMILES string of the molecule is CCOC(=O)c1cccc(NC(=O)c2ccc(CNC(C)=O)cc2)c1. The predicted molar refractivity (Wildman–Crippen MR) is 94.3 cm³/mol. The summed E-state index contributed by atoms with van der Waals surface area (Å²) < 4.78 is 4.94. The van der Waals surface area contributed by atoms with Crippen molar-refractivity contribution >= 4 is 23.5 Å². The quantitative estimate of drug-likeness (QED) is 0.792. The van der Waals surface area contributed by atoms with Crippen LogP contribution in [-0.4, -0.2) is 24.4 Å². The monoisotopic (exact) mass is 340 g/mol. The molecule has 0 unspecified atom stereocenters. The zero-order valence-electron chi connectivity index (χ0n) is 14.2. The molecule has 0 heterocycles. The number of anilines is 1. The van der Waals surface area contributed by atoms with E-state index in [9.17, 15) is 14.4 Å². The smallest absolute Gasteiger partial charge is 0.338 e. The lowest BCUT2D eigenvalue weighted by Crippen LogP contribution is -2.19. The lowest BCUT2D eigenvalue weighted by molar-refractivity contribution is -0.119.